The second kappa shape index (κ2) is 7.67. The summed E-state index contributed by atoms with van der Waals surface area (Å²) in [5.41, 5.74) is 0. The van der Waals surface area contributed by atoms with Crippen molar-refractivity contribution in [3.8, 4) is 0 Å². The average molecular weight is 265 g/mol. The molecule has 2 fully saturated rings. The molecule has 0 bridgehead atoms. The molecule has 0 heterocycles. The van der Waals surface area contributed by atoms with Crippen LogP contribution < -0.4 is 5.32 Å². The van der Waals surface area contributed by atoms with Crippen molar-refractivity contribution in [1.29, 1.82) is 0 Å². The minimum Gasteiger partial charge on any atom is -0.313 e. The molecule has 0 aliphatic heterocycles. The Morgan fingerprint density at radius 1 is 0.842 bits per heavy atom. The van der Waals surface area contributed by atoms with E-state index < -0.39 is 0 Å². The van der Waals surface area contributed by atoms with Crippen molar-refractivity contribution in [3.05, 3.63) is 0 Å². The Morgan fingerprint density at radius 2 is 1.37 bits per heavy atom. The third-order valence-corrected chi connectivity index (χ3v) is 5.80. The van der Waals surface area contributed by atoms with Crippen molar-refractivity contribution in [3.63, 3.8) is 0 Å². The van der Waals surface area contributed by atoms with Crippen molar-refractivity contribution in [2.45, 2.75) is 84.6 Å². The fourth-order valence-electron chi connectivity index (χ4n) is 4.52. The molecule has 19 heavy (non-hydrogen) atoms. The highest BCUT2D eigenvalue weighted by atomic mass is 14.9. The van der Waals surface area contributed by atoms with Crippen LogP contribution in [0.5, 0.6) is 0 Å². The second-order valence-corrected chi connectivity index (χ2v) is 7.44. The van der Waals surface area contributed by atoms with Gasteiger partial charge in [-0.25, -0.2) is 0 Å². The van der Waals surface area contributed by atoms with Gasteiger partial charge in [0, 0.05) is 6.04 Å². The highest BCUT2D eigenvalue weighted by Crippen LogP contribution is 2.39. The number of rotatable bonds is 6. The van der Waals surface area contributed by atoms with E-state index >= 15 is 0 Å². The number of nitrogens with one attached hydrogen (secondary N) is 1. The van der Waals surface area contributed by atoms with Gasteiger partial charge < -0.3 is 5.32 Å². The van der Waals surface area contributed by atoms with E-state index in [0.29, 0.717) is 0 Å². The molecule has 0 saturated heterocycles. The lowest BCUT2D eigenvalue weighted by molar-refractivity contribution is 0.158. The van der Waals surface area contributed by atoms with Gasteiger partial charge >= 0.3 is 0 Å². The molecule has 0 spiro atoms. The lowest BCUT2D eigenvalue weighted by atomic mass is 9.72. The zero-order valence-corrected chi connectivity index (χ0v) is 13.5. The Labute approximate surface area is 120 Å². The molecular weight excluding hydrogens is 230 g/mol. The van der Waals surface area contributed by atoms with Crippen molar-refractivity contribution >= 4 is 0 Å². The summed E-state index contributed by atoms with van der Waals surface area (Å²) in [6, 6.07) is 0.843. The summed E-state index contributed by atoms with van der Waals surface area (Å²) in [5, 5.41) is 3.93. The normalized spacial score (nSPS) is 30.9. The Kier molecular flexibility index (Phi) is 6.19. The van der Waals surface area contributed by atoms with E-state index in [1.807, 2.05) is 0 Å². The van der Waals surface area contributed by atoms with E-state index in [2.05, 4.69) is 26.1 Å². The Morgan fingerprint density at radius 3 is 1.89 bits per heavy atom. The first-order valence-electron chi connectivity index (χ1n) is 8.95. The van der Waals surface area contributed by atoms with Crippen LogP contribution in [0.2, 0.25) is 0 Å². The minimum absolute atomic E-state index is 0.843. The number of hydrogen-bond acceptors (Lipinski definition) is 1. The molecule has 0 aromatic heterocycles. The van der Waals surface area contributed by atoms with Gasteiger partial charge in [-0.15, -0.1) is 0 Å². The van der Waals surface area contributed by atoms with Crippen molar-refractivity contribution in [1.82, 2.24) is 5.32 Å². The molecule has 1 atom stereocenters. The molecular formula is C18H35N. The molecule has 0 aromatic carbocycles. The van der Waals surface area contributed by atoms with Crippen molar-refractivity contribution < 1.29 is 0 Å². The molecule has 1 N–H and O–H groups in total. The van der Waals surface area contributed by atoms with Gasteiger partial charge in [0.25, 0.3) is 0 Å². The summed E-state index contributed by atoms with van der Waals surface area (Å²) in [6.45, 7) is 8.35. The maximum absolute atomic E-state index is 3.93. The molecule has 2 rings (SSSR count). The van der Waals surface area contributed by atoms with E-state index in [1.54, 1.807) is 0 Å². The van der Waals surface area contributed by atoms with Gasteiger partial charge in [-0.05, 0) is 75.2 Å². The third kappa shape index (κ3) is 4.21. The van der Waals surface area contributed by atoms with Gasteiger partial charge in [-0.3, -0.25) is 0 Å². The van der Waals surface area contributed by atoms with Gasteiger partial charge in [0.05, 0.1) is 0 Å². The molecule has 0 radical (unpaired) electrons. The van der Waals surface area contributed by atoms with Crippen LogP contribution in [0.25, 0.3) is 0 Å². The summed E-state index contributed by atoms with van der Waals surface area (Å²) >= 11 is 0. The maximum Gasteiger partial charge on any atom is 0.0124 e. The Bertz CT molecular complexity index is 234. The zero-order chi connectivity index (χ0) is 13.7. The van der Waals surface area contributed by atoms with E-state index in [-0.39, 0.29) is 0 Å². The predicted molar refractivity (Wildman–Crippen MR) is 84.3 cm³/mol. The van der Waals surface area contributed by atoms with E-state index in [9.17, 15) is 0 Å². The van der Waals surface area contributed by atoms with Crippen LogP contribution in [0.3, 0.4) is 0 Å². The van der Waals surface area contributed by atoms with Crippen LogP contribution in [0.4, 0.5) is 0 Å². The molecule has 112 valence electrons. The van der Waals surface area contributed by atoms with Crippen LogP contribution in [-0.4, -0.2) is 12.6 Å². The SMILES string of the molecule is CCCNC(C1CCCC1)C1CCC(C(C)C)CC1. The largest absolute Gasteiger partial charge is 0.313 e. The lowest BCUT2D eigenvalue weighted by Gasteiger charge is -2.38. The average Bonchev–Trinajstić information content (AvgIpc) is 2.94. The fourth-order valence-corrected chi connectivity index (χ4v) is 4.52. The molecule has 2 aliphatic carbocycles. The molecule has 0 amide bonds. The predicted octanol–water partition coefficient (Wildman–Crippen LogP) is 5.01. The lowest BCUT2D eigenvalue weighted by Crippen LogP contribution is -2.43. The first-order valence-corrected chi connectivity index (χ1v) is 8.95. The van der Waals surface area contributed by atoms with Gasteiger partial charge in [0.2, 0.25) is 0 Å². The summed E-state index contributed by atoms with van der Waals surface area (Å²) in [4.78, 5) is 0. The maximum atomic E-state index is 3.93. The highest BCUT2D eigenvalue weighted by molar-refractivity contribution is 4.89. The smallest absolute Gasteiger partial charge is 0.0124 e. The van der Waals surface area contributed by atoms with Crippen LogP contribution in [-0.2, 0) is 0 Å². The molecule has 1 heteroatoms. The van der Waals surface area contributed by atoms with E-state index in [1.165, 1.54) is 64.3 Å². The minimum atomic E-state index is 0.843. The molecule has 0 aromatic rings. The molecule has 2 saturated carbocycles. The Hall–Kier alpha value is -0.0400. The van der Waals surface area contributed by atoms with Crippen molar-refractivity contribution in [2.24, 2.45) is 23.7 Å². The van der Waals surface area contributed by atoms with Crippen molar-refractivity contribution in [2.75, 3.05) is 6.54 Å². The van der Waals surface area contributed by atoms with Crippen LogP contribution in [0.1, 0.15) is 78.6 Å². The second-order valence-electron chi connectivity index (χ2n) is 7.44. The first-order chi connectivity index (χ1) is 9.22. The zero-order valence-electron chi connectivity index (χ0n) is 13.5. The summed E-state index contributed by atoms with van der Waals surface area (Å²) < 4.78 is 0. The first kappa shape index (κ1) is 15.4. The van der Waals surface area contributed by atoms with Gasteiger partial charge in [-0.1, -0.05) is 33.6 Å². The summed E-state index contributed by atoms with van der Waals surface area (Å²) in [7, 11) is 0. The standard InChI is InChI=1S/C18H35N/c1-4-13-19-18(16-7-5-6-8-16)17-11-9-15(10-12-17)14(2)3/h14-19H,4-13H2,1-3H3. The number of hydrogen-bond donors (Lipinski definition) is 1. The quantitative estimate of drug-likeness (QED) is 0.712. The molecule has 2 aliphatic rings. The third-order valence-electron chi connectivity index (χ3n) is 5.80. The van der Waals surface area contributed by atoms with Gasteiger partial charge in [0.1, 0.15) is 0 Å². The van der Waals surface area contributed by atoms with E-state index in [0.717, 1.165) is 29.7 Å². The summed E-state index contributed by atoms with van der Waals surface area (Å²) in [5.74, 6) is 3.87. The van der Waals surface area contributed by atoms with Crippen LogP contribution in [0, 0.1) is 23.7 Å². The van der Waals surface area contributed by atoms with E-state index in [4.69, 9.17) is 0 Å². The Balaban J connectivity index is 1.87. The molecule has 1 nitrogen and oxygen atoms in total. The highest BCUT2D eigenvalue weighted by Gasteiger charge is 2.34. The van der Waals surface area contributed by atoms with Crippen LogP contribution in [0.15, 0.2) is 0 Å². The fraction of sp³-hybridized carbons (Fsp3) is 1.00. The monoisotopic (exact) mass is 265 g/mol. The van der Waals surface area contributed by atoms with Gasteiger partial charge in [-0.2, -0.15) is 0 Å². The van der Waals surface area contributed by atoms with Crippen LogP contribution >= 0.6 is 0 Å². The molecule has 1 unspecified atom stereocenters. The summed E-state index contributed by atoms with van der Waals surface area (Å²) in [6.07, 6.45) is 13.2. The van der Waals surface area contributed by atoms with Gasteiger partial charge in [0.15, 0.2) is 0 Å². The topological polar surface area (TPSA) is 12.0 Å².